The van der Waals surface area contributed by atoms with Crippen LogP contribution in [0.5, 0.6) is 0 Å². The monoisotopic (exact) mass is 651 g/mol. The molecule has 0 aromatic carbocycles. The standard InChI is InChI=1S/C42H82O4/c1-7-11-23-33-39(31-13-9-3)45-41(43)35-27-21-17-15-19-25-29-38(37(5)6)30-26-20-16-18-22-28-36-42(44)46-40(32-14-10-4)34-24-12-8-2/h37-40H,7-36H2,1-6H3. The van der Waals surface area contributed by atoms with Crippen LogP contribution in [0.1, 0.15) is 234 Å². The third-order valence-corrected chi connectivity index (χ3v) is 9.97. The van der Waals surface area contributed by atoms with Crippen molar-refractivity contribution in [2.24, 2.45) is 11.8 Å². The maximum atomic E-state index is 12.4. The molecule has 0 amide bonds. The zero-order chi connectivity index (χ0) is 34.1. The van der Waals surface area contributed by atoms with E-state index in [-0.39, 0.29) is 24.1 Å². The fourth-order valence-electron chi connectivity index (χ4n) is 6.70. The van der Waals surface area contributed by atoms with E-state index in [1.54, 1.807) is 0 Å². The number of carbonyl (C=O) groups excluding carboxylic acids is 2. The molecule has 0 aromatic heterocycles. The van der Waals surface area contributed by atoms with Gasteiger partial charge in [0.2, 0.25) is 0 Å². The average Bonchev–Trinajstić information content (AvgIpc) is 3.03. The van der Waals surface area contributed by atoms with Crippen LogP contribution in [0.2, 0.25) is 0 Å². The first-order valence-electron chi connectivity index (χ1n) is 20.8. The molecular weight excluding hydrogens is 568 g/mol. The summed E-state index contributed by atoms with van der Waals surface area (Å²) in [7, 11) is 0. The van der Waals surface area contributed by atoms with E-state index in [1.165, 1.54) is 116 Å². The van der Waals surface area contributed by atoms with Gasteiger partial charge in [-0.15, -0.1) is 0 Å². The summed E-state index contributed by atoms with van der Waals surface area (Å²) >= 11 is 0. The first-order valence-corrected chi connectivity index (χ1v) is 20.8. The van der Waals surface area contributed by atoms with E-state index in [1.807, 2.05) is 0 Å². The van der Waals surface area contributed by atoms with Crippen LogP contribution in [-0.2, 0) is 19.1 Å². The van der Waals surface area contributed by atoms with E-state index in [4.69, 9.17) is 9.47 Å². The molecule has 0 radical (unpaired) electrons. The van der Waals surface area contributed by atoms with Crippen molar-refractivity contribution in [2.75, 3.05) is 0 Å². The normalized spacial score (nSPS) is 13.5. The number of ether oxygens (including phenoxy) is 2. The summed E-state index contributed by atoms with van der Waals surface area (Å²) in [5, 5.41) is 0. The Morgan fingerprint density at radius 1 is 0.391 bits per heavy atom. The molecule has 0 bridgehead atoms. The molecule has 0 aromatic rings. The van der Waals surface area contributed by atoms with Gasteiger partial charge in [-0.25, -0.2) is 0 Å². The van der Waals surface area contributed by atoms with Gasteiger partial charge >= 0.3 is 11.9 Å². The molecule has 274 valence electrons. The first kappa shape index (κ1) is 44.9. The highest BCUT2D eigenvalue weighted by atomic mass is 16.5. The Kier molecular flexibility index (Phi) is 33.0. The number of hydrogen-bond acceptors (Lipinski definition) is 4. The van der Waals surface area contributed by atoms with Crippen LogP contribution in [-0.4, -0.2) is 24.1 Å². The van der Waals surface area contributed by atoms with E-state index in [2.05, 4.69) is 41.5 Å². The van der Waals surface area contributed by atoms with Gasteiger partial charge in [0.25, 0.3) is 0 Å². The Balaban J connectivity index is 3.89. The molecule has 0 fully saturated rings. The summed E-state index contributed by atoms with van der Waals surface area (Å²) in [5.74, 6) is 1.67. The van der Waals surface area contributed by atoms with E-state index < -0.39 is 0 Å². The SMILES string of the molecule is CCCCCC(CCCC)OC(=O)CCCCCCCCC(CCCCCCCCC(=O)OC(CCCC)CCCCC)C(C)C. The predicted molar refractivity (Wildman–Crippen MR) is 199 cm³/mol. The Labute approximate surface area is 288 Å². The lowest BCUT2D eigenvalue weighted by molar-refractivity contribution is -0.151. The minimum Gasteiger partial charge on any atom is -0.462 e. The smallest absolute Gasteiger partial charge is 0.306 e. The topological polar surface area (TPSA) is 52.6 Å². The molecule has 46 heavy (non-hydrogen) atoms. The minimum absolute atomic E-state index is 0.0291. The lowest BCUT2D eigenvalue weighted by Crippen LogP contribution is -2.18. The van der Waals surface area contributed by atoms with Gasteiger partial charge in [-0.1, -0.05) is 170 Å². The van der Waals surface area contributed by atoms with Crippen LogP contribution in [0.25, 0.3) is 0 Å². The number of unbranched alkanes of at least 4 members (excludes halogenated alkanes) is 16. The lowest BCUT2D eigenvalue weighted by atomic mass is 9.85. The second kappa shape index (κ2) is 33.8. The Morgan fingerprint density at radius 3 is 1.04 bits per heavy atom. The fraction of sp³-hybridized carbons (Fsp3) is 0.952. The molecule has 0 aliphatic rings. The molecule has 2 unspecified atom stereocenters. The molecule has 4 heteroatoms. The summed E-state index contributed by atoms with van der Waals surface area (Å²) in [4.78, 5) is 24.8. The van der Waals surface area contributed by atoms with Gasteiger partial charge in [0, 0.05) is 12.8 Å². The number of rotatable bonds is 35. The van der Waals surface area contributed by atoms with Crippen LogP contribution >= 0.6 is 0 Å². The van der Waals surface area contributed by atoms with Crippen LogP contribution in [0.3, 0.4) is 0 Å². The Morgan fingerprint density at radius 2 is 0.696 bits per heavy atom. The zero-order valence-corrected chi connectivity index (χ0v) is 32.2. The molecule has 0 saturated carbocycles. The van der Waals surface area contributed by atoms with E-state index >= 15 is 0 Å². The molecule has 0 aliphatic heterocycles. The summed E-state index contributed by atoms with van der Waals surface area (Å²) in [5.41, 5.74) is 0. The number of esters is 2. The van der Waals surface area contributed by atoms with Crippen LogP contribution in [0.4, 0.5) is 0 Å². The maximum absolute atomic E-state index is 12.4. The third-order valence-electron chi connectivity index (χ3n) is 9.97. The number of hydrogen-bond donors (Lipinski definition) is 0. The summed E-state index contributed by atoms with van der Waals surface area (Å²) < 4.78 is 11.7. The van der Waals surface area contributed by atoms with Gasteiger partial charge in [-0.05, 0) is 63.2 Å². The van der Waals surface area contributed by atoms with Crippen molar-refractivity contribution in [3.05, 3.63) is 0 Å². The summed E-state index contributed by atoms with van der Waals surface area (Å²) in [6.45, 7) is 13.7. The van der Waals surface area contributed by atoms with Crippen LogP contribution < -0.4 is 0 Å². The largest absolute Gasteiger partial charge is 0.462 e. The van der Waals surface area contributed by atoms with Crippen LogP contribution in [0.15, 0.2) is 0 Å². The molecular formula is C42H82O4. The second-order valence-corrected chi connectivity index (χ2v) is 14.8. The van der Waals surface area contributed by atoms with Crippen molar-refractivity contribution in [3.63, 3.8) is 0 Å². The quantitative estimate of drug-likeness (QED) is 0.0506. The molecule has 0 N–H and O–H groups in total. The van der Waals surface area contributed by atoms with Crippen molar-refractivity contribution in [1.29, 1.82) is 0 Å². The van der Waals surface area contributed by atoms with Gasteiger partial charge in [0.1, 0.15) is 12.2 Å². The van der Waals surface area contributed by atoms with Crippen molar-refractivity contribution >= 4 is 11.9 Å². The molecule has 0 saturated heterocycles. The van der Waals surface area contributed by atoms with Gasteiger partial charge in [-0.3, -0.25) is 9.59 Å². The molecule has 2 atom stereocenters. The fourth-order valence-corrected chi connectivity index (χ4v) is 6.70. The van der Waals surface area contributed by atoms with Crippen LogP contribution in [0, 0.1) is 11.8 Å². The summed E-state index contributed by atoms with van der Waals surface area (Å²) in [6, 6.07) is 0. The molecule has 4 nitrogen and oxygen atoms in total. The van der Waals surface area contributed by atoms with Gasteiger partial charge in [0.15, 0.2) is 0 Å². The zero-order valence-electron chi connectivity index (χ0n) is 32.2. The predicted octanol–water partition coefficient (Wildman–Crippen LogP) is 13.9. The first-order chi connectivity index (χ1) is 22.4. The average molecular weight is 651 g/mol. The van der Waals surface area contributed by atoms with E-state index in [9.17, 15) is 9.59 Å². The van der Waals surface area contributed by atoms with E-state index in [0.717, 1.165) is 76.0 Å². The minimum atomic E-state index is 0.0291. The van der Waals surface area contributed by atoms with Crippen molar-refractivity contribution in [3.8, 4) is 0 Å². The lowest BCUT2D eigenvalue weighted by Gasteiger charge is -2.21. The van der Waals surface area contributed by atoms with Gasteiger partial charge < -0.3 is 9.47 Å². The highest BCUT2D eigenvalue weighted by Crippen LogP contribution is 2.26. The highest BCUT2D eigenvalue weighted by molar-refractivity contribution is 5.69. The van der Waals surface area contributed by atoms with Crippen molar-refractivity contribution in [1.82, 2.24) is 0 Å². The third kappa shape index (κ3) is 29.1. The highest BCUT2D eigenvalue weighted by Gasteiger charge is 2.16. The van der Waals surface area contributed by atoms with Crippen molar-refractivity contribution in [2.45, 2.75) is 246 Å². The molecule has 0 rings (SSSR count). The molecule has 0 spiro atoms. The Hall–Kier alpha value is -1.06. The van der Waals surface area contributed by atoms with Gasteiger partial charge in [-0.2, -0.15) is 0 Å². The van der Waals surface area contributed by atoms with E-state index in [0.29, 0.717) is 12.8 Å². The number of carbonyl (C=O) groups is 2. The summed E-state index contributed by atoms with van der Waals surface area (Å²) in [6.07, 6.45) is 34.9. The molecule has 0 heterocycles. The van der Waals surface area contributed by atoms with Gasteiger partial charge in [0.05, 0.1) is 0 Å². The maximum Gasteiger partial charge on any atom is 0.306 e. The Bertz CT molecular complexity index is 608. The molecule has 0 aliphatic carbocycles. The second-order valence-electron chi connectivity index (χ2n) is 14.8. The van der Waals surface area contributed by atoms with Crippen molar-refractivity contribution < 1.29 is 19.1 Å².